The zero-order valence-electron chi connectivity index (χ0n) is 12.7. The normalized spacial score (nSPS) is 32.7. The summed E-state index contributed by atoms with van der Waals surface area (Å²) in [6.07, 6.45) is -6.05. The SMILES string of the molecule is CCC[C@@H](O)[C@H](OS(=O)(=O)[O-])[C@H](O)C[S+]1C[C@@H](O)[C@H](O)[C@H]1CO. The summed E-state index contributed by atoms with van der Waals surface area (Å²) in [5.74, 6) is 0.0183. The van der Waals surface area contributed by atoms with Crippen LogP contribution < -0.4 is 0 Å². The van der Waals surface area contributed by atoms with E-state index in [0.717, 1.165) is 0 Å². The highest BCUT2D eigenvalue weighted by Crippen LogP contribution is 2.26. The predicted molar refractivity (Wildman–Crippen MR) is 81.5 cm³/mol. The van der Waals surface area contributed by atoms with Crippen molar-refractivity contribution in [2.75, 3.05) is 18.1 Å². The molecule has 23 heavy (non-hydrogen) atoms. The molecule has 138 valence electrons. The van der Waals surface area contributed by atoms with Crippen molar-refractivity contribution in [2.45, 2.75) is 55.5 Å². The summed E-state index contributed by atoms with van der Waals surface area (Å²) >= 11 is 0. The Kier molecular flexibility index (Phi) is 8.17. The minimum Gasteiger partial charge on any atom is -0.726 e. The molecule has 1 heterocycles. The molecule has 1 saturated heterocycles. The van der Waals surface area contributed by atoms with Gasteiger partial charge in [-0.05, 0) is 6.42 Å². The van der Waals surface area contributed by atoms with Crippen LogP contribution in [0.2, 0.25) is 0 Å². The quantitative estimate of drug-likeness (QED) is 0.161. The van der Waals surface area contributed by atoms with Crippen LogP contribution >= 0.6 is 0 Å². The summed E-state index contributed by atoms with van der Waals surface area (Å²) in [6.45, 7) is 1.32. The zero-order chi connectivity index (χ0) is 17.8. The largest absolute Gasteiger partial charge is 0.726 e. The molecular formula is C12H24O9S2. The van der Waals surface area contributed by atoms with E-state index in [1.54, 1.807) is 6.92 Å². The molecule has 0 amide bonds. The lowest BCUT2D eigenvalue weighted by molar-refractivity contribution is -0.0401. The zero-order valence-corrected chi connectivity index (χ0v) is 14.3. The second kappa shape index (κ2) is 8.92. The molecule has 1 unspecified atom stereocenters. The van der Waals surface area contributed by atoms with Crippen LogP contribution in [0.4, 0.5) is 0 Å². The molecule has 0 aromatic heterocycles. The van der Waals surface area contributed by atoms with Gasteiger partial charge >= 0.3 is 0 Å². The molecule has 0 saturated carbocycles. The van der Waals surface area contributed by atoms with Crippen LogP contribution in [0.25, 0.3) is 0 Å². The molecule has 9 nitrogen and oxygen atoms in total. The minimum atomic E-state index is -5.12. The van der Waals surface area contributed by atoms with Crippen molar-refractivity contribution in [1.82, 2.24) is 0 Å². The molecular weight excluding hydrogens is 352 g/mol. The van der Waals surface area contributed by atoms with Gasteiger partial charge in [0, 0.05) is 10.9 Å². The number of hydrogen-bond acceptors (Lipinski definition) is 9. The topological polar surface area (TPSA) is 168 Å². The first-order valence-corrected chi connectivity index (χ1v) is 10.2. The summed E-state index contributed by atoms with van der Waals surface area (Å²) in [6, 6.07) is 0. The number of hydrogen-bond donors (Lipinski definition) is 5. The third kappa shape index (κ3) is 6.11. The molecule has 5 N–H and O–H groups in total. The highest BCUT2D eigenvalue weighted by Gasteiger charge is 2.51. The Hall–Kier alpha value is 0.0200. The Bertz CT molecular complexity index is 457. The van der Waals surface area contributed by atoms with Gasteiger partial charge in [-0.25, -0.2) is 8.42 Å². The van der Waals surface area contributed by atoms with Gasteiger partial charge in [0.2, 0.25) is 10.4 Å². The summed E-state index contributed by atoms with van der Waals surface area (Å²) < 4.78 is 36.7. The minimum absolute atomic E-state index is 0.111. The van der Waals surface area contributed by atoms with E-state index < -0.39 is 63.7 Å². The maximum absolute atomic E-state index is 10.8. The average Bonchev–Trinajstić information content (AvgIpc) is 2.69. The van der Waals surface area contributed by atoms with E-state index >= 15 is 0 Å². The van der Waals surface area contributed by atoms with Crippen LogP contribution in [0.3, 0.4) is 0 Å². The Labute approximate surface area is 138 Å². The first-order valence-electron chi connectivity index (χ1n) is 7.24. The van der Waals surface area contributed by atoms with E-state index in [2.05, 4.69) is 4.18 Å². The van der Waals surface area contributed by atoms with Crippen molar-refractivity contribution >= 4 is 21.3 Å². The standard InChI is InChI=1S/C12H24O9S2/c1-2-3-7(14)12(21-23(18,19)20)9(16)6-22-5-8(15)11(17)10(22)4-13/h7-17H,2-6H2,1H3/t7-,8-,9-,10-,11+,12+,22?/m1/s1. The molecule has 0 aromatic carbocycles. The Morgan fingerprint density at radius 3 is 2.39 bits per heavy atom. The predicted octanol–water partition coefficient (Wildman–Crippen LogP) is -2.93. The van der Waals surface area contributed by atoms with Crippen LogP contribution in [-0.2, 0) is 25.5 Å². The van der Waals surface area contributed by atoms with Gasteiger partial charge in [0.05, 0.1) is 12.7 Å². The first kappa shape index (κ1) is 21.1. The van der Waals surface area contributed by atoms with E-state index in [1.165, 1.54) is 0 Å². The van der Waals surface area contributed by atoms with E-state index in [4.69, 9.17) is 0 Å². The smallest absolute Gasteiger partial charge is 0.218 e. The number of aliphatic hydroxyl groups excluding tert-OH is 5. The molecule has 1 fully saturated rings. The van der Waals surface area contributed by atoms with E-state index in [1.807, 2.05) is 0 Å². The van der Waals surface area contributed by atoms with Crippen LogP contribution in [0.15, 0.2) is 0 Å². The van der Waals surface area contributed by atoms with Gasteiger partial charge in [-0.3, -0.25) is 4.18 Å². The summed E-state index contributed by atoms with van der Waals surface area (Å²) in [7, 11) is -5.93. The van der Waals surface area contributed by atoms with E-state index in [0.29, 0.717) is 6.42 Å². The summed E-state index contributed by atoms with van der Waals surface area (Å²) in [5.41, 5.74) is 0. The molecule has 1 aliphatic rings. The van der Waals surface area contributed by atoms with Crippen molar-refractivity contribution in [2.24, 2.45) is 0 Å². The van der Waals surface area contributed by atoms with Crippen molar-refractivity contribution < 1.29 is 42.7 Å². The van der Waals surface area contributed by atoms with Crippen molar-refractivity contribution in [3.05, 3.63) is 0 Å². The van der Waals surface area contributed by atoms with Gasteiger partial charge in [-0.2, -0.15) is 0 Å². The molecule has 7 atom stereocenters. The van der Waals surface area contributed by atoms with Gasteiger partial charge in [-0.1, -0.05) is 13.3 Å². The third-order valence-electron chi connectivity index (χ3n) is 3.72. The van der Waals surface area contributed by atoms with Crippen molar-refractivity contribution in [3.63, 3.8) is 0 Å². The molecule has 0 spiro atoms. The molecule has 0 aliphatic carbocycles. The van der Waals surface area contributed by atoms with E-state index in [-0.39, 0.29) is 17.9 Å². The first-order chi connectivity index (χ1) is 10.6. The van der Waals surface area contributed by atoms with Crippen LogP contribution in [0, 0.1) is 0 Å². The number of aliphatic hydroxyl groups is 5. The summed E-state index contributed by atoms with van der Waals surface area (Å²) in [4.78, 5) is 0. The lowest BCUT2D eigenvalue weighted by Gasteiger charge is -2.28. The second-order valence-corrected chi connectivity index (χ2v) is 8.90. The van der Waals surface area contributed by atoms with Gasteiger partial charge in [0.25, 0.3) is 0 Å². The average molecular weight is 376 g/mol. The highest BCUT2D eigenvalue weighted by molar-refractivity contribution is 7.97. The van der Waals surface area contributed by atoms with E-state index in [9.17, 15) is 38.5 Å². The number of rotatable bonds is 9. The maximum Gasteiger partial charge on any atom is 0.218 e. The fourth-order valence-corrected chi connectivity index (χ4v) is 5.80. The van der Waals surface area contributed by atoms with Crippen molar-refractivity contribution in [1.29, 1.82) is 0 Å². The lowest BCUT2D eigenvalue weighted by Crippen LogP contribution is -2.46. The fraction of sp³-hybridized carbons (Fsp3) is 1.00. The highest BCUT2D eigenvalue weighted by atomic mass is 32.3. The lowest BCUT2D eigenvalue weighted by atomic mass is 10.1. The monoisotopic (exact) mass is 376 g/mol. The van der Waals surface area contributed by atoms with Crippen molar-refractivity contribution in [3.8, 4) is 0 Å². The molecule has 1 rings (SSSR count). The maximum atomic E-state index is 10.8. The van der Waals surface area contributed by atoms with Gasteiger partial charge in [0.15, 0.2) is 5.25 Å². The van der Waals surface area contributed by atoms with Gasteiger partial charge in [0.1, 0.15) is 35.9 Å². The Balaban J connectivity index is 2.82. The van der Waals surface area contributed by atoms with Crippen LogP contribution in [0.1, 0.15) is 19.8 Å². The Morgan fingerprint density at radius 1 is 1.30 bits per heavy atom. The van der Waals surface area contributed by atoms with Gasteiger partial charge in [-0.15, -0.1) is 0 Å². The summed E-state index contributed by atoms with van der Waals surface area (Å²) in [5, 5.41) is 48.1. The third-order valence-corrected chi connectivity index (χ3v) is 7.01. The molecule has 0 bridgehead atoms. The Morgan fingerprint density at radius 2 is 1.91 bits per heavy atom. The van der Waals surface area contributed by atoms with Crippen LogP contribution in [-0.4, -0.2) is 92.4 Å². The fourth-order valence-electron chi connectivity index (χ4n) is 2.59. The van der Waals surface area contributed by atoms with Gasteiger partial charge < -0.3 is 30.1 Å². The molecule has 0 aromatic rings. The van der Waals surface area contributed by atoms with Crippen LogP contribution in [0.5, 0.6) is 0 Å². The molecule has 1 aliphatic heterocycles. The molecule has 11 heteroatoms. The second-order valence-electron chi connectivity index (χ2n) is 5.54. The molecule has 0 radical (unpaired) electrons.